The first-order valence-corrected chi connectivity index (χ1v) is 7.79. The van der Waals surface area contributed by atoms with Crippen molar-refractivity contribution in [1.82, 2.24) is 9.97 Å². The second-order valence-electron chi connectivity index (χ2n) is 5.50. The smallest absolute Gasteiger partial charge is 0.135 e. The van der Waals surface area contributed by atoms with Crippen LogP contribution in [-0.4, -0.2) is 16.5 Å². The Balaban J connectivity index is 2.29. The molecule has 0 amide bonds. The normalized spacial score (nSPS) is 10.7. The number of hydrogen-bond acceptors (Lipinski definition) is 3. The zero-order valence-corrected chi connectivity index (χ0v) is 13.5. The molecule has 2 rings (SSSR count). The molecule has 0 aliphatic carbocycles. The highest BCUT2D eigenvalue weighted by atomic mass is 15.0. The maximum absolute atomic E-state index is 4.74. The maximum Gasteiger partial charge on any atom is 0.135 e. The first-order chi connectivity index (χ1) is 10.1. The average molecular weight is 283 g/mol. The summed E-state index contributed by atoms with van der Waals surface area (Å²) < 4.78 is 0. The van der Waals surface area contributed by atoms with Crippen LogP contribution in [0.15, 0.2) is 24.3 Å². The van der Waals surface area contributed by atoms with Crippen molar-refractivity contribution < 1.29 is 0 Å². The fourth-order valence-corrected chi connectivity index (χ4v) is 2.55. The number of aromatic nitrogens is 2. The van der Waals surface area contributed by atoms with E-state index < -0.39 is 0 Å². The number of nitrogens with one attached hydrogen (secondary N) is 1. The largest absolute Gasteiger partial charge is 0.370 e. The molecule has 112 valence electrons. The van der Waals surface area contributed by atoms with Gasteiger partial charge in [0.2, 0.25) is 0 Å². The summed E-state index contributed by atoms with van der Waals surface area (Å²) in [6.45, 7) is 9.47. The van der Waals surface area contributed by atoms with Gasteiger partial charge in [-0.05, 0) is 32.3 Å². The summed E-state index contributed by atoms with van der Waals surface area (Å²) in [6.07, 6.45) is 2.84. The van der Waals surface area contributed by atoms with Crippen LogP contribution in [-0.2, 0) is 12.8 Å². The molecule has 21 heavy (non-hydrogen) atoms. The summed E-state index contributed by atoms with van der Waals surface area (Å²) in [5, 5.41) is 3.44. The zero-order chi connectivity index (χ0) is 15.2. The molecule has 3 nitrogen and oxygen atoms in total. The third-order valence-electron chi connectivity index (χ3n) is 3.60. The number of nitrogens with zero attached hydrogens (tertiary/aromatic N) is 2. The van der Waals surface area contributed by atoms with Gasteiger partial charge in [0.15, 0.2) is 0 Å². The van der Waals surface area contributed by atoms with E-state index in [0.717, 1.165) is 43.1 Å². The summed E-state index contributed by atoms with van der Waals surface area (Å²) >= 11 is 0. The fraction of sp³-hybridized carbons (Fsp3) is 0.444. The van der Waals surface area contributed by atoms with Crippen molar-refractivity contribution in [3.8, 4) is 0 Å². The molecule has 1 aromatic carbocycles. The predicted octanol–water partition coefficient (Wildman–Crippen LogP) is 4.07. The Morgan fingerprint density at radius 1 is 1.10 bits per heavy atom. The fourth-order valence-electron chi connectivity index (χ4n) is 2.55. The molecule has 0 saturated carbocycles. The molecule has 0 bridgehead atoms. The molecule has 0 saturated heterocycles. The van der Waals surface area contributed by atoms with Crippen molar-refractivity contribution in [3.63, 3.8) is 0 Å². The van der Waals surface area contributed by atoms with E-state index in [-0.39, 0.29) is 0 Å². The van der Waals surface area contributed by atoms with Gasteiger partial charge in [-0.25, -0.2) is 9.97 Å². The first kappa shape index (κ1) is 15.5. The first-order valence-electron chi connectivity index (χ1n) is 7.79. The van der Waals surface area contributed by atoms with Crippen LogP contribution in [0.1, 0.15) is 48.5 Å². The van der Waals surface area contributed by atoms with Gasteiger partial charge in [0.25, 0.3) is 0 Å². The Morgan fingerprint density at radius 3 is 2.57 bits per heavy atom. The quantitative estimate of drug-likeness (QED) is 0.868. The molecule has 0 aliphatic heterocycles. The number of aryl methyl sites for hydroxylation is 2. The Bertz CT molecular complexity index is 605. The highest BCUT2D eigenvalue weighted by molar-refractivity contribution is 5.47. The minimum absolute atomic E-state index is 0.785. The second kappa shape index (κ2) is 7.21. The van der Waals surface area contributed by atoms with Crippen LogP contribution in [0.2, 0.25) is 0 Å². The van der Waals surface area contributed by atoms with Gasteiger partial charge in [-0.1, -0.05) is 43.7 Å². The van der Waals surface area contributed by atoms with Crippen LogP contribution in [0.5, 0.6) is 0 Å². The third kappa shape index (κ3) is 4.03. The molecular formula is C18H25N3. The van der Waals surface area contributed by atoms with Crippen LogP contribution in [0.4, 0.5) is 5.82 Å². The Morgan fingerprint density at radius 2 is 1.90 bits per heavy atom. The molecular weight excluding hydrogens is 258 g/mol. The van der Waals surface area contributed by atoms with E-state index in [2.05, 4.69) is 62.3 Å². The molecule has 0 fully saturated rings. The van der Waals surface area contributed by atoms with Crippen LogP contribution in [0, 0.1) is 13.8 Å². The van der Waals surface area contributed by atoms with Gasteiger partial charge in [0.1, 0.15) is 11.6 Å². The van der Waals surface area contributed by atoms with Crippen molar-refractivity contribution in [2.75, 3.05) is 11.9 Å². The lowest BCUT2D eigenvalue weighted by molar-refractivity contribution is 0.886. The molecule has 0 aliphatic rings. The lowest BCUT2D eigenvalue weighted by Gasteiger charge is -2.13. The molecule has 1 aromatic heterocycles. The van der Waals surface area contributed by atoms with Crippen LogP contribution < -0.4 is 5.32 Å². The van der Waals surface area contributed by atoms with Crippen LogP contribution in [0.25, 0.3) is 0 Å². The van der Waals surface area contributed by atoms with Crippen LogP contribution in [0.3, 0.4) is 0 Å². The van der Waals surface area contributed by atoms with Gasteiger partial charge in [-0.2, -0.15) is 0 Å². The van der Waals surface area contributed by atoms with Crippen molar-refractivity contribution in [2.45, 2.75) is 47.0 Å². The highest BCUT2D eigenvalue weighted by Crippen LogP contribution is 2.18. The molecule has 0 atom stereocenters. The zero-order valence-electron chi connectivity index (χ0n) is 13.5. The Kier molecular flexibility index (Phi) is 5.32. The summed E-state index contributed by atoms with van der Waals surface area (Å²) in [7, 11) is 0. The maximum atomic E-state index is 4.74. The molecule has 1 N–H and O–H groups in total. The molecule has 3 heteroatoms. The topological polar surface area (TPSA) is 37.8 Å². The lowest BCUT2D eigenvalue weighted by Crippen LogP contribution is -2.11. The number of benzene rings is 1. The summed E-state index contributed by atoms with van der Waals surface area (Å²) in [6, 6.07) is 8.54. The standard InChI is InChI=1S/C18H25N3/c1-5-10-19-18-16(6-2)14(4)20-17(21-18)12-15-9-7-8-13(3)11-15/h7-9,11H,5-6,10,12H2,1-4H3,(H,19,20,21). The Labute approximate surface area is 127 Å². The number of rotatable bonds is 6. The monoisotopic (exact) mass is 283 g/mol. The van der Waals surface area contributed by atoms with Crippen molar-refractivity contribution in [2.24, 2.45) is 0 Å². The van der Waals surface area contributed by atoms with Crippen LogP contribution >= 0.6 is 0 Å². The summed E-state index contributed by atoms with van der Waals surface area (Å²) in [5.74, 6) is 1.91. The van der Waals surface area contributed by atoms with Crippen molar-refractivity contribution in [3.05, 3.63) is 52.5 Å². The van der Waals surface area contributed by atoms with E-state index in [9.17, 15) is 0 Å². The van der Waals surface area contributed by atoms with Crippen molar-refractivity contribution in [1.29, 1.82) is 0 Å². The third-order valence-corrected chi connectivity index (χ3v) is 3.60. The minimum atomic E-state index is 0.785. The molecule has 1 heterocycles. The number of anilines is 1. The van der Waals surface area contributed by atoms with E-state index in [1.165, 1.54) is 16.7 Å². The predicted molar refractivity (Wildman–Crippen MR) is 88.9 cm³/mol. The average Bonchev–Trinajstić information content (AvgIpc) is 2.45. The van der Waals surface area contributed by atoms with Gasteiger partial charge in [-0.3, -0.25) is 0 Å². The van der Waals surface area contributed by atoms with Gasteiger partial charge in [0.05, 0.1) is 0 Å². The molecule has 0 spiro atoms. The summed E-state index contributed by atoms with van der Waals surface area (Å²) in [4.78, 5) is 9.43. The Hall–Kier alpha value is -1.90. The second-order valence-corrected chi connectivity index (χ2v) is 5.50. The minimum Gasteiger partial charge on any atom is -0.370 e. The molecule has 0 radical (unpaired) electrons. The summed E-state index contributed by atoms with van der Waals surface area (Å²) in [5.41, 5.74) is 4.86. The van der Waals surface area contributed by atoms with E-state index >= 15 is 0 Å². The lowest BCUT2D eigenvalue weighted by atomic mass is 10.1. The van der Waals surface area contributed by atoms with Gasteiger partial charge in [-0.15, -0.1) is 0 Å². The van der Waals surface area contributed by atoms with E-state index in [1.807, 2.05) is 0 Å². The van der Waals surface area contributed by atoms with E-state index in [1.54, 1.807) is 0 Å². The number of hydrogen-bond donors (Lipinski definition) is 1. The molecule has 2 aromatic rings. The van der Waals surface area contributed by atoms with Crippen molar-refractivity contribution >= 4 is 5.82 Å². The van der Waals surface area contributed by atoms with Gasteiger partial charge < -0.3 is 5.32 Å². The molecule has 0 unspecified atom stereocenters. The van der Waals surface area contributed by atoms with Gasteiger partial charge in [0, 0.05) is 24.2 Å². The highest BCUT2D eigenvalue weighted by Gasteiger charge is 2.10. The van der Waals surface area contributed by atoms with E-state index in [0.29, 0.717) is 0 Å². The van der Waals surface area contributed by atoms with E-state index in [4.69, 9.17) is 4.98 Å². The van der Waals surface area contributed by atoms with Gasteiger partial charge >= 0.3 is 0 Å². The SMILES string of the molecule is CCCNc1nc(Cc2cccc(C)c2)nc(C)c1CC.